The summed E-state index contributed by atoms with van der Waals surface area (Å²) >= 11 is 0. The molecule has 2 aromatic rings. The van der Waals surface area contributed by atoms with Crippen molar-refractivity contribution in [3.8, 4) is 0 Å². The molecule has 1 aromatic heterocycles. The summed E-state index contributed by atoms with van der Waals surface area (Å²) in [7, 11) is 0. The molecule has 2 amide bonds. The summed E-state index contributed by atoms with van der Waals surface area (Å²) in [5.74, 6) is -0.529. The molecule has 2 aliphatic rings. The maximum atomic E-state index is 14.0. The van der Waals surface area contributed by atoms with Crippen molar-refractivity contribution in [2.45, 2.75) is 50.6 Å². The zero-order chi connectivity index (χ0) is 20.4. The molecule has 0 unspecified atom stereocenters. The van der Waals surface area contributed by atoms with E-state index in [0.29, 0.717) is 18.8 Å². The van der Waals surface area contributed by atoms with Gasteiger partial charge in [0.25, 0.3) is 5.91 Å². The number of hydrogen-bond acceptors (Lipinski definition) is 3. The van der Waals surface area contributed by atoms with Crippen molar-refractivity contribution in [3.63, 3.8) is 0 Å². The number of hydrogen-bond donors (Lipinski definition) is 0. The Morgan fingerprint density at radius 2 is 1.93 bits per heavy atom. The molecule has 0 spiro atoms. The van der Waals surface area contributed by atoms with Gasteiger partial charge in [0, 0.05) is 32.1 Å². The van der Waals surface area contributed by atoms with Gasteiger partial charge in [-0.2, -0.15) is 0 Å². The first-order valence-corrected chi connectivity index (χ1v) is 10.3. The predicted molar refractivity (Wildman–Crippen MR) is 108 cm³/mol. The van der Waals surface area contributed by atoms with Gasteiger partial charge >= 0.3 is 0 Å². The van der Waals surface area contributed by atoms with Gasteiger partial charge in [0.15, 0.2) is 0 Å². The highest BCUT2D eigenvalue weighted by Gasteiger charge is 2.48. The second-order valence-corrected chi connectivity index (χ2v) is 7.95. The van der Waals surface area contributed by atoms with Crippen molar-refractivity contribution in [2.75, 3.05) is 13.1 Å². The van der Waals surface area contributed by atoms with Gasteiger partial charge in [-0.15, -0.1) is 0 Å². The predicted octanol–water partition coefficient (Wildman–Crippen LogP) is 3.62. The van der Waals surface area contributed by atoms with E-state index in [1.807, 2.05) is 15.9 Å². The molecule has 0 N–H and O–H groups in total. The Balaban J connectivity index is 1.76. The number of carbonyl (C=O) groups excluding carboxylic acids is 2. The third-order valence-corrected chi connectivity index (χ3v) is 6.19. The monoisotopic (exact) mass is 395 g/mol. The molecule has 3 atom stereocenters. The van der Waals surface area contributed by atoms with E-state index in [1.54, 1.807) is 37.4 Å². The van der Waals surface area contributed by atoms with Gasteiger partial charge in [-0.3, -0.25) is 14.6 Å². The molecule has 4 rings (SSSR count). The quantitative estimate of drug-likeness (QED) is 0.780. The fraction of sp³-hybridized carbons (Fsp3) is 0.435. The lowest BCUT2D eigenvalue weighted by Crippen LogP contribution is -2.51. The van der Waals surface area contributed by atoms with E-state index < -0.39 is 0 Å². The molecule has 0 saturated carbocycles. The van der Waals surface area contributed by atoms with E-state index in [0.717, 1.165) is 31.2 Å². The van der Waals surface area contributed by atoms with Crippen molar-refractivity contribution in [1.29, 1.82) is 0 Å². The highest BCUT2D eigenvalue weighted by atomic mass is 19.1. The summed E-state index contributed by atoms with van der Waals surface area (Å²) < 4.78 is 14.0. The number of nitrogens with zero attached hydrogens (tertiary/aromatic N) is 3. The van der Waals surface area contributed by atoms with Gasteiger partial charge in [-0.25, -0.2) is 4.39 Å². The summed E-state index contributed by atoms with van der Waals surface area (Å²) in [6, 6.07) is 11.6. The Morgan fingerprint density at radius 1 is 1.07 bits per heavy atom. The normalized spacial score (nSPS) is 24.6. The highest BCUT2D eigenvalue weighted by Crippen LogP contribution is 2.40. The fourth-order valence-electron chi connectivity index (χ4n) is 4.90. The minimum absolute atomic E-state index is 0.00966. The number of likely N-dealkylation sites (tertiary alicyclic amines) is 2. The molecule has 152 valence electrons. The molecule has 6 heteroatoms. The SMILES string of the molecule is CC(=O)N1CCCCC[C@@H]2[C@@H]1[C@H](c1cccc(F)c1)CN2C(=O)c1ccccn1. The van der Waals surface area contributed by atoms with Crippen LogP contribution in [0.25, 0.3) is 0 Å². The molecular weight excluding hydrogens is 369 g/mol. The summed E-state index contributed by atoms with van der Waals surface area (Å²) in [5.41, 5.74) is 1.24. The lowest BCUT2D eigenvalue weighted by Gasteiger charge is -2.38. The molecule has 2 aliphatic heterocycles. The van der Waals surface area contributed by atoms with E-state index >= 15 is 0 Å². The standard InChI is InChI=1S/C23H26FN3O2/c1-16(28)26-13-6-2-3-11-21-22(26)19(17-8-7-9-18(24)14-17)15-27(21)23(29)20-10-4-5-12-25-20/h4-5,7-10,12,14,19,21-22H,2-3,6,11,13,15H2,1H3/t19-,21+,22-/m0/s1. The van der Waals surface area contributed by atoms with Crippen LogP contribution in [0.15, 0.2) is 48.7 Å². The summed E-state index contributed by atoms with van der Waals surface area (Å²) in [6.07, 6.45) is 5.44. The van der Waals surface area contributed by atoms with Gasteiger partial charge in [0.05, 0.1) is 12.1 Å². The Bertz CT molecular complexity index is 889. The van der Waals surface area contributed by atoms with Gasteiger partial charge in [-0.1, -0.05) is 31.0 Å². The van der Waals surface area contributed by atoms with Crippen molar-refractivity contribution >= 4 is 11.8 Å². The zero-order valence-corrected chi connectivity index (χ0v) is 16.6. The van der Waals surface area contributed by atoms with Crippen molar-refractivity contribution < 1.29 is 14.0 Å². The van der Waals surface area contributed by atoms with E-state index in [2.05, 4.69) is 4.98 Å². The molecule has 0 radical (unpaired) electrons. The van der Waals surface area contributed by atoms with Crippen molar-refractivity contribution in [3.05, 3.63) is 65.7 Å². The fourth-order valence-corrected chi connectivity index (χ4v) is 4.90. The largest absolute Gasteiger partial charge is 0.337 e. The molecule has 5 nitrogen and oxygen atoms in total. The summed E-state index contributed by atoms with van der Waals surface area (Å²) in [4.78, 5) is 33.8. The molecule has 0 bridgehead atoms. The van der Waals surface area contributed by atoms with Crippen LogP contribution in [0.1, 0.15) is 54.6 Å². The molecule has 2 fully saturated rings. The molecule has 2 saturated heterocycles. The van der Waals surface area contributed by atoms with E-state index in [9.17, 15) is 14.0 Å². The second kappa shape index (κ2) is 8.31. The Labute approximate surface area is 170 Å². The average Bonchev–Trinajstić information content (AvgIpc) is 3.06. The maximum absolute atomic E-state index is 14.0. The number of carbonyl (C=O) groups is 2. The third-order valence-electron chi connectivity index (χ3n) is 6.19. The lowest BCUT2D eigenvalue weighted by molar-refractivity contribution is -0.132. The van der Waals surface area contributed by atoms with Crippen LogP contribution in [0, 0.1) is 5.82 Å². The Morgan fingerprint density at radius 3 is 2.66 bits per heavy atom. The van der Waals surface area contributed by atoms with Gasteiger partial charge in [0.1, 0.15) is 11.5 Å². The molecule has 3 heterocycles. The first kappa shape index (κ1) is 19.6. The number of pyridine rings is 1. The number of halogens is 1. The lowest BCUT2D eigenvalue weighted by atomic mass is 9.86. The van der Waals surface area contributed by atoms with Crippen LogP contribution in [-0.2, 0) is 4.79 Å². The first-order chi connectivity index (χ1) is 14.1. The average molecular weight is 395 g/mol. The topological polar surface area (TPSA) is 53.5 Å². The minimum Gasteiger partial charge on any atom is -0.337 e. The van der Waals surface area contributed by atoms with Crippen molar-refractivity contribution in [2.24, 2.45) is 0 Å². The minimum atomic E-state index is -0.297. The van der Waals surface area contributed by atoms with Crippen LogP contribution in [0.4, 0.5) is 4.39 Å². The summed E-state index contributed by atoms with van der Waals surface area (Å²) in [5, 5.41) is 0. The van der Waals surface area contributed by atoms with Crippen LogP contribution in [0.5, 0.6) is 0 Å². The van der Waals surface area contributed by atoms with E-state index in [-0.39, 0.29) is 35.6 Å². The van der Waals surface area contributed by atoms with E-state index in [1.165, 1.54) is 12.1 Å². The Hall–Kier alpha value is -2.76. The van der Waals surface area contributed by atoms with Gasteiger partial charge < -0.3 is 9.80 Å². The van der Waals surface area contributed by atoms with Gasteiger partial charge in [0.2, 0.25) is 5.91 Å². The molecular formula is C23H26FN3O2. The highest BCUT2D eigenvalue weighted by molar-refractivity contribution is 5.93. The molecule has 1 aromatic carbocycles. The Kier molecular flexibility index (Phi) is 5.60. The zero-order valence-electron chi connectivity index (χ0n) is 16.6. The van der Waals surface area contributed by atoms with Gasteiger partial charge in [-0.05, 0) is 42.7 Å². The smallest absolute Gasteiger partial charge is 0.272 e. The number of fused-ring (bicyclic) bond motifs is 1. The first-order valence-electron chi connectivity index (χ1n) is 10.3. The number of benzene rings is 1. The van der Waals surface area contributed by atoms with Crippen LogP contribution in [-0.4, -0.2) is 51.8 Å². The summed E-state index contributed by atoms with van der Waals surface area (Å²) in [6.45, 7) is 2.72. The number of amides is 2. The van der Waals surface area contributed by atoms with Crippen molar-refractivity contribution in [1.82, 2.24) is 14.8 Å². The van der Waals surface area contributed by atoms with Crippen LogP contribution >= 0.6 is 0 Å². The number of aromatic nitrogens is 1. The van der Waals surface area contributed by atoms with Crippen LogP contribution in [0.2, 0.25) is 0 Å². The molecule has 29 heavy (non-hydrogen) atoms. The number of rotatable bonds is 2. The van der Waals surface area contributed by atoms with Crippen LogP contribution < -0.4 is 0 Å². The van der Waals surface area contributed by atoms with E-state index in [4.69, 9.17) is 0 Å². The second-order valence-electron chi connectivity index (χ2n) is 7.95. The third kappa shape index (κ3) is 3.88. The maximum Gasteiger partial charge on any atom is 0.272 e. The molecule has 0 aliphatic carbocycles. The van der Waals surface area contributed by atoms with Crippen LogP contribution in [0.3, 0.4) is 0 Å².